The normalized spacial score (nSPS) is 25.2. The summed E-state index contributed by atoms with van der Waals surface area (Å²) in [5.74, 6) is 0. The highest BCUT2D eigenvalue weighted by Gasteiger charge is 2.28. The molecule has 1 unspecified atom stereocenters. The predicted molar refractivity (Wildman–Crippen MR) is 76.0 cm³/mol. The van der Waals surface area contributed by atoms with Gasteiger partial charge >= 0.3 is 6.03 Å². The van der Waals surface area contributed by atoms with Gasteiger partial charge in [0.25, 0.3) is 0 Å². The van der Waals surface area contributed by atoms with Crippen LogP contribution < -0.4 is 0 Å². The number of hydrogen-bond acceptors (Lipinski definition) is 3. The quantitative estimate of drug-likeness (QED) is 0.727. The zero-order chi connectivity index (χ0) is 13.1. The topological polar surface area (TPSA) is 47.0 Å². The van der Waals surface area contributed by atoms with Gasteiger partial charge in [-0.3, -0.25) is 0 Å². The Labute approximate surface area is 115 Å². The van der Waals surface area contributed by atoms with Crippen LogP contribution in [0.2, 0.25) is 0 Å². The molecule has 0 radical (unpaired) electrons. The number of amides is 2. The third kappa shape index (κ3) is 3.40. The van der Waals surface area contributed by atoms with E-state index in [2.05, 4.69) is 4.31 Å². The highest BCUT2D eigenvalue weighted by Crippen LogP contribution is 2.13. The molecule has 0 bridgehead atoms. The Balaban J connectivity index is 1.82. The molecule has 2 fully saturated rings. The molecule has 0 aromatic heterocycles. The van der Waals surface area contributed by atoms with Gasteiger partial charge in [-0.25, -0.2) is 9.10 Å². The first-order chi connectivity index (χ1) is 8.58. The van der Waals surface area contributed by atoms with E-state index in [1.165, 1.54) is 0 Å². The summed E-state index contributed by atoms with van der Waals surface area (Å²) in [7, 11) is -0.108. The van der Waals surface area contributed by atoms with Crippen LogP contribution in [0.4, 0.5) is 4.79 Å². The minimum atomic E-state index is -0.229. The second kappa shape index (κ2) is 6.27. The first-order valence-electron chi connectivity index (χ1n) is 6.38. The van der Waals surface area contributed by atoms with E-state index < -0.39 is 0 Å². The van der Waals surface area contributed by atoms with Crippen molar-refractivity contribution in [2.24, 2.45) is 0 Å². The standard InChI is InChI=1S/C11H21N3O2S2/c1-18(17)14-8-6-13(7-9-14)11(16)12-4-2-10(15)3-5-12/h10,15H,2-9H2,1H3. The minimum Gasteiger partial charge on any atom is -0.393 e. The SMILES string of the molecule is CS(=S)N1CCN(C(=O)N2CCC(O)CC2)CC1. The van der Waals surface area contributed by atoms with E-state index in [-0.39, 0.29) is 21.8 Å². The van der Waals surface area contributed by atoms with Crippen molar-refractivity contribution >= 4 is 26.9 Å². The summed E-state index contributed by atoms with van der Waals surface area (Å²) in [6.45, 7) is 4.66. The molecule has 18 heavy (non-hydrogen) atoms. The smallest absolute Gasteiger partial charge is 0.320 e. The van der Waals surface area contributed by atoms with Gasteiger partial charge in [0.1, 0.15) is 0 Å². The molecule has 0 aliphatic carbocycles. The molecular formula is C11H21N3O2S2. The molecule has 1 atom stereocenters. The minimum absolute atomic E-state index is 0.108. The Morgan fingerprint density at radius 2 is 1.61 bits per heavy atom. The molecular weight excluding hydrogens is 270 g/mol. The average Bonchev–Trinajstić information content (AvgIpc) is 2.39. The maximum atomic E-state index is 12.3. The zero-order valence-corrected chi connectivity index (χ0v) is 12.4. The van der Waals surface area contributed by atoms with Gasteiger partial charge in [0.15, 0.2) is 0 Å². The largest absolute Gasteiger partial charge is 0.393 e. The van der Waals surface area contributed by atoms with Crippen LogP contribution in [0.5, 0.6) is 0 Å². The number of rotatable bonds is 1. The number of likely N-dealkylation sites (tertiary alicyclic amines) is 1. The molecule has 0 aromatic rings. The predicted octanol–water partition coefficient (Wildman–Crippen LogP) is -0.194. The number of urea groups is 1. The lowest BCUT2D eigenvalue weighted by Crippen LogP contribution is -2.54. The number of hydrogen-bond donors (Lipinski definition) is 1. The summed E-state index contributed by atoms with van der Waals surface area (Å²) in [6.07, 6.45) is 3.22. The van der Waals surface area contributed by atoms with Crippen molar-refractivity contribution in [2.75, 3.05) is 45.5 Å². The van der Waals surface area contributed by atoms with Crippen molar-refractivity contribution in [3.05, 3.63) is 0 Å². The van der Waals surface area contributed by atoms with Gasteiger partial charge in [0.2, 0.25) is 0 Å². The van der Waals surface area contributed by atoms with Crippen LogP contribution in [0, 0.1) is 0 Å². The molecule has 2 aliphatic rings. The molecule has 2 rings (SSSR count). The highest BCUT2D eigenvalue weighted by atomic mass is 32.8. The first-order valence-corrected chi connectivity index (χ1v) is 8.90. The zero-order valence-electron chi connectivity index (χ0n) is 10.7. The summed E-state index contributed by atoms with van der Waals surface area (Å²) in [5, 5.41) is 9.45. The van der Waals surface area contributed by atoms with Gasteiger partial charge in [-0.05, 0) is 24.0 Å². The van der Waals surface area contributed by atoms with E-state index in [1.807, 2.05) is 16.1 Å². The molecule has 2 aliphatic heterocycles. The van der Waals surface area contributed by atoms with Gasteiger partial charge in [0, 0.05) is 45.5 Å². The Bertz CT molecular complexity index is 324. The van der Waals surface area contributed by atoms with Gasteiger partial charge in [-0.15, -0.1) is 0 Å². The second-order valence-corrected chi connectivity index (χ2v) is 7.65. The van der Waals surface area contributed by atoms with Crippen molar-refractivity contribution in [2.45, 2.75) is 18.9 Å². The fourth-order valence-electron chi connectivity index (χ4n) is 2.39. The van der Waals surface area contributed by atoms with Crippen LogP contribution in [-0.2, 0) is 20.8 Å². The summed E-state index contributed by atoms with van der Waals surface area (Å²) in [4.78, 5) is 16.0. The number of nitrogens with zero attached hydrogens (tertiary/aromatic N) is 3. The molecule has 7 heteroatoms. The van der Waals surface area contributed by atoms with Gasteiger partial charge in [-0.1, -0.05) is 9.64 Å². The fraction of sp³-hybridized carbons (Fsp3) is 0.909. The van der Waals surface area contributed by atoms with E-state index in [4.69, 9.17) is 11.2 Å². The monoisotopic (exact) mass is 291 g/mol. The average molecular weight is 291 g/mol. The molecule has 2 saturated heterocycles. The van der Waals surface area contributed by atoms with Crippen LogP contribution >= 0.6 is 0 Å². The van der Waals surface area contributed by atoms with Crippen LogP contribution in [0.3, 0.4) is 0 Å². The van der Waals surface area contributed by atoms with Crippen molar-refractivity contribution in [1.82, 2.24) is 14.1 Å². The van der Waals surface area contributed by atoms with Crippen LogP contribution in [0.1, 0.15) is 12.8 Å². The maximum Gasteiger partial charge on any atom is 0.320 e. The molecule has 5 nitrogen and oxygen atoms in total. The number of carbonyl (C=O) groups is 1. The van der Waals surface area contributed by atoms with Crippen molar-refractivity contribution in [1.29, 1.82) is 0 Å². The molecule has 104 valence electrons. The van der Waals surface area contributed by atoms with Gasteiger partial charge < -0.3 is 14.9 Å². The lowest BCUT2D eigenvalue weighted by molar-refractivity contribution is 0.0770. The Morgan fingerprint density at radius 1 is 1.11 bits per heavy atom. The molecule has 1 N–H and O–H groups in total. The number of piperidine rings is 1. The van der Waals surface area contributed by atoms with Crippen molar-refractivity contribution < 1.29 is 9.90 Å². The van der Waals surface area contributed by atoms with E-state index in [0.29, 0.717) is 25.9 Å². The van der Waals surface area contributed by atoms with Crippen LogP contribution in [-0.4, -0.2) is 76.9 Å². The van der Waals surface area contributed by atoms with E-state index >= 15 is 0 Å². The Morgan fingerprint density at radius 3 is 2.11 bits per heavy atom. The van der Waals surface area contributed by atoms with Crippen LogP contribution in [0.25, 0.3) is 0 Å². The number of piperazine rings is 1. The van der Waals surface area contributed by atoms with Crippen molar-refractivity contribution in [3.8, 4) is 0 Å². The lowest BCUT2D eigenvalue weighted by atomic mass is 10.1. The van der Waals surface area contributed by atoms with Crippen molar-refractivity contribution in [3.63, 3.8) is 0 Å². The second-order valence-electron chi connectivity index (χ2n) is 4.84. The molecule has 0 aromatic carbocycles. The Kier molecular flexibility index (Phi) is 4.94. The fourth-order valence-corrected chi connectivity index (χ4v) is 3.52. The third-order valence-electron chi connectivity index (χ3n) is 3.61. The van der Waals surface area contributed by atoms with E-state index in [9.17, 15) is 9.90 Å². The molecule has 2 amide bonds. The number of carbonyl (C=O) groups excluding carboxylic acids is 1. The lowest BCUT2D eigenvalue weighted by Gasteiger charge is -2.39. The van der Waals surface area contributed by atoms with Crippen LogP contribution in [0.15, 0.2) is 0 Å². The summed E-state index contributed by atoms with van der Waals surface area (Å²) >= 11 is 5.25. The summed E-state index contributed by atoms with van der Waals surface area (Å²) in [6, 6.07) is 0.127. The number of aliphatic hydroxyl groups is 1. The first kappa shape index (κ1) is 14.2. The Hall–Kier alpha value is -0.240. The maximum absolute atomic E-state index is 12.3. The van der Waals surface area contributed by atoms with Gasteiger partial charge in [0.05, 0.1) is 6.10 Å². The molecule has 0 saturated carbocycles. The molecule has 2 heterocycles. The summed E-state index contributed by atoms with van der Waals surface area (Å²) < 4.78 is 2.25. The highest BCUT2D eigenvalue weighted by molar-refractivity contribution is 8.27. The number of aliphatic hydroxyl groups excluding tert-OH is 1. The van der Waals surface area contributed by atoms with Gasteiger partial charge in [-0.2, -0.15) is 0 Å². The third-order valence-corrected chi connectivity index (χ3v) is 5.33. The van der Waals surface area contributed by atoms with E-state index in [0.717, 1.165) is 26.2 Å². The van der Waals surface area contributed by atoms with E-state index in [1.54, 1.807) is 0 Å². The molecule has 0 spiro atoms. The summed E-state index contributed by atoms with van der Waals surface area (Å²) in [5.41, 5.74) is 0.